The molecule has 0 bridgehead atoms. The van der Waals surface area contributed by atoms with Crippen molar-refractivity contribution in [1.82, 2.24) is 4.90 Å². The van der Waals surface area contributed by atoms with E-state index in [4.69, 9.17) is 5.11 Å². The molecule has 1 heterocycles. The molecule has 1 N–H and O–H groups in total. The predicted octanol–water partition coefficient (Wildman–Crippen LogP) is 2.54. The number of likely N-dealkylation sites (tertiary alicyclic amines) is 1. The van der Waals surface area contributed by atoms with Crippen molar-refractivity contribution >= 4 is 11.9 Å². The number of benzene rings is 1. The second-order valence-corrected chi connectivity index (χ2v) is 4.88. The van der Waals surface area contributed by atoms with Crippen LogP contribution >= 0.6 is 0 Å². The van der Waals surface area contributed by atoms with Crippen molar-refractivity contribution in [3.8, 4) is 0 Å². The molecule has 0 atom stereocenters. The highest BCUT2D eigenvalue weighted by Crippen LogP contribution is 2.22. The molecule has 0 aliphatic carbocycles. The van der Waals surface area contributed by atoms with Crippen LogP contribution in [0, 0.1) is 6.92 Å². The number of aliphatic carboxylic acids is 1. The molecule has 1 aromatic rings. The first-order valence-electron chi connectivity index (χ1n) is 6.46. The number of piperidine rings is 1. The van der Waals surface area contributed by atoms with Crippen LogP contribution < -0.4 is 0 Å². The summed E-state index contributed by atoms with van der Waals surface area (Å²) in [6.07, 6.45) is 0.547. The lowest BCUT2D eigenvalue weighted by molar-refractivity contribution is -0.134. The Morgan fingerprint density at radius 1 is 1.25 bits per heavy atom. The van der Waals surface area contributed by atoms with Gasteiger partial charge in [0.2, 0.25) is 5.83 Å². The Hall–Kier alpha value is -2.17. The predicted molar refractivity (Wildman–Crippen MR) is 72.1 cm³/mol. The number of halogens is 1. The third-order valence-corrected chi connectivity index (χ3v) is 3.42. The Morgan fingerprint density at radius 3 is 2.45 bits per heavy atom. The van der Waals surface area contributed by atoms with E-state index in [1.165, 1.54) is 0 Å². The Balaban J connectivity index is 2.06. The summed E-state index contributed by atoms with van der Waals surface area (Å²) >= 11 is 0. The highest BCUT2D eigenvalue weighted by Gasteiger charge is 2.24. The zero-order valence-corrected chi connectivity index (χ0v) is 11.2. The van der Waals surface area contributed by atoms with Crippen molar-refractivity contribution < 1.29 is 19.1 Å². The van der Waals surface area contributed by atoms with Gasteiger partial charge in [-0.05, 0) is 37.5 Å². The number of amides is 1. The maximum atomic E-state index is 13.3. The molecule has 0 spiro atoms. The largest absolute Gasteiger partial charge is 0.476 e. The van der Waals surface area contributed by atoms with Crippen LogP contribution in [0.2, 0.25) is 0 Å². The summed E-state index contributed by atoms with van der Waals surface area (Å²) in [7, 11) is 0. The molecule has 0 unspecified atom stereocenters. The maximum absolute atomic E-state index is 13.3. The number of hydrogen-bond donors (Lipinski definition) is 1. The van der Waals surface area contributed by atoms with Crippen molar-refractivity contribution in [2.75, 3.05) is 13.1 Å². The highest BCUT2D eigenvalue weighted by molar-refractivity contribution is 5.94. The highest BCUT2D eigenvalue weighted by atomic mass is 19.1. The molecule has 1 aliphatic rings. The molecule has 0 aromatic heterocycles. The van der Waals surface area contributed by atoms with Crippen LogP contribution in [-0.4, -0.2) is 35.0 Å². The quantitative estimate of drug-likeness (QED) is 0.845. The van der Waals surface area contributed by atoms with E-state index < -0.39 is 11.8 Å². The van der Waals surface area contributed by atoms with Gasteiger partial charge in [0.15, 0.2) is 0 Å². The summed E-state index contributed by atoms with van der Waals surface area (Å²) in [5.74, 6) is -2.70. The van der Waals surface area contributed by atoms with Gasteiger partial charge >= 0.3 is 5.97 Å². The minimum Gasteiger partial charge on any atom is -0.476 e. The number of carbonyl (C=O) groups excluding carboxylic acids is 1. The van der Waals surface area contributed by atoms with Gasteiger partial charge in [0.1, 0.15) is 0 Å². The SMILES string of the molecule is Cc1cccc(C(=O)N2CCC(=C(F)C(=O)O)CC2)c1. The fraction of sp³-hybridized carbons (Fsp3) is 0.333. The lowest BCUT2D eigenvalue weighted by Gasteiger charge is -2.28. The topological polar surface area (TPSA) is 57.6 Å². The van der Waals surface area contributed by atoms with Crippen LogP contribution in [0.4, 0.5) is 4.39 Å². The number of hydrogen-bond acceptors (Lipinski definition) is 2. The first kappa shape index (κ1) is 14.2. The van der Waals surface area contributed by atoms with Gasteiger partial charge in [-0.1, -0.05) is 17.7 Å². The molecule has 1 amide bonds. The van der Waals surface area contributed by atoms with Gasteiger partial charge < -0.3 is 10.0 Å². The Kier molecular flexibility index (Phi) is 4.17. The van der Waals surface area contributed by atoms with E-state index in [1.807, 2.05) is 25.1 Å². The van der Waals surface area contributed by atoms with Gasteiger partial charge in [-0.25, -0.2) is 4.79 Å². The molecular weight excluding hydrogens is 261 g/mol. The van der Waals surface area contributed by atoms with E-state index in [-0.39, 0.29) is 24.3 Å². The van der Waals surface area contributed by atoms with Gasteiger partial charge in [-0.3, -0.25) is 4.79 Å². The molecule has 1 fully saturated rings. The fourth-order valence-corrected chi connectivity index (χ4v) is 2.31. The molecule has 1 saturated heterocycles. The number of aryl methyl sites for hydroxylation is 1. The maximum Gasteiger partial charge on any atom is 0.364 e. The molecule has 5 heteroatoms. The van der Waals surface area contributed by atoms with Crippen LogP contribution in [0.1, 0.15) is 28.8 Å². The smallest absolute Gasteiger partial charge is 0.364 e. The van der Waals surface area contributed by atoms with Gasteiger partial charge in [0.25, 0.3) is 5.91 Å². The lowest BCUT2D eigenvalue weighted by Crippen LogP contribution is -2.36. The van der Waals surface area contributed by atoms with Gasteiger partial charge in [0, 0.05) is 18.7 Å². The number of rotatable bonds is 2. The summed E-state index contributed by atoms with van der Waals surface area (Å²) in [5.41, 5.74) is 1.90. The Morgan fingerprint density at radius 2 is 1.90 bits per heavy atom. The zero-order chi connectivity index (χ0) is 14.7. The lowest BCUT2D eigenvalue weighted by atomic mass is 10.0. The molecule has 20 heavy (non-hydrogen) atoms. The molecule has 2 rings (SSSR count). The molecule has 0 radical (unpaired) electrons. The first-order valence-corrected chi connectivity index (χ1v) is 6.46. The molecule has 1 aliphatic heterocycles. The second-order valence-electron chi connectivity index (χ2n) is 4.88. The molecule has 0 saturated carbocycles. The van der Waals surface area contributed by atoms with Crippen LogP contribution in [-0.2, 0) is 4.79 Å². The number of carboxylic acids is 1. The standard InChI is InChI=1S/C15H16FNO3/c1-10-3-2-4-12(9-10)14(18)17-7-5-11(6-8-17)13(16)15(19)20/h2-4,9H,5-8H2,1H3,(H,19,20). The van der Waals surface area contributed by atoms with Crippen molar-refractivity contribution in [2.45, 2.75) is 19.8 Å². The second kappa shape index (κ2) is 5.86. The first-order chi connectivity index (χ1) is 9.49. The van der Waals surface area contributed by atoms with Crippen LogP contribution in [0.3, 0.4) is 0 Å². The average molecular weight is 277 g/mol. The summed E-state index contributed by atoms with van der Waals surface area (Å²) in [5, 5.41) is 8.60. The summed E-state index contributed by atoms with van der Waals surface area (Å²) in [6.45, 7) is 2.61. The summed E-state index contributed by atoms with van der Waals surface area (Å²) < 4.78 is 13.3. The van der Waals surface area contributed by atoms with Crippen molar-refractivity contribution in [3.05, 3.63) is 46.8 Å². The van der Waals surface area contributed by atoms with E-state index >= 15 is 0 Å². The molecular formula is C15H16FNO3. The Labute approximate surface area is 116 Å². The third kappa shape index (κ3) is 3.04. The normalized spacial score (nSPS) is 15.1. The van der Waals surface area contributed by atoms with E-state index in [2.05, 4.69) is 0 Å². The Bertz CT molecular complexity index is 570. The summed E-state index contributed by atoms with van der Waals surface area (Å²) in [6, 6.07) is 7.29. The molecule has 106 valence electrons. The van der Waals surface area contributed by atoms with Crippen LogP contribution in [0.5, 0.6) is 0 Å². The van der Waals surface area contributed by atoms with Gasteiger partial charge in [-0.15, -0.1) is 0 Å². The molecule has 4 nitrogen and oxygen atoms in total. The van der Waals surface area contributed by atoms with E-state index in [9.17, 15) is 14.0 Å². The van der Waals surface area contributed by atoms with Gasteiger partial charge in [-0.2, -0.15) is 4.39 Å². The van der Waals surface area contributed by atoms with E-state index in [0.29, 0.717) is 18.7 Å². The third-order valence-electron chi connectivity index (χ3n) is 3.42. The number of carboxylic acid groups (broad SMARTS) is 1. The zero-order valence-electron chi connectivity index (χ0n) is 11.2. The molecule has 1 aromatic carbocycles. The minimum atomic E-state index is -1.53. The van der Waals surface area contributed by atoms with E-state index in [1.54, 1.807) is 11.0 Å². The van der Waals surface area contributed by atoms with Crippen molar-refractivity contribution in [2.24, 2.45) is 0 Å². The van der Waals surface area contributed by atoms with Crippen molar-refractivity contribution in [3.63, 3.8) is 0 Å². The average Bonchev–Trinajstić information content (AvgIpc) is 2.46. The number of nitrogens with zero attached hydrogens (tertiary/aromatic N) is 1. The summed E-state index contributed by atoms with van der Waals surface area (Å²) in [4.78, 5) is 24.5. The number of carbonyl (C=O) groups is 2. The monoisotopic (exact) mass is 277 g/mol. The van der Waals surface area contributed by atoms with Crippen LogP contribution in [0.25, 0.3) is 0 Å². The fourth-order valence-electron chi connectivity index (χ4n) is 2.31. The van der Waals surface area contributed by atoms with Gasteiger partial charge in [0.05, 0.1) is 0 Å². The minimum absolute atomic E-state index is 0.0940. The van der Waals surface area contributed by atoms with Crippen molar-refractivity contribution in [1.29, 1.82) is 0 Å². The van der Waals surface area contributed by atoms with E-state index in [0.717, 1.165) is 5.56 Å². The van der Waals surface area contributed by atoms with Crippen LogP contribution in [0.15, 0.2) is 35.7 Å².